The number of nitrogens with one attached hydrogen (secondary N) is 1. The van der Waals surface area contributed by atoms with Gasteiger partial charge in [-0.1, -0.05) is 36.4 Å². The number of fused-ring (bicyclic) bond motifs is 1. The van der Waals surface area contributed by atoms with Crippen LogP contribution in [0.2, 0.25) is 0 Å². The molecule has 3 heterocycles. The lowest BCUT2D eigenvalue weighted by molar-refractivity contribution is -0.137. The minimum atomic E-state index is -0.334. The van der Waals surface area contributed by atoms with Gasteiger partial charge < -0.3 is 10.2 Å². The lowest BCUT2D eigenvalue weighted by Crippen LogP contribution is -2.36. The molecule has 7 heteroatoms. The smallest absolute Gasteiger partial charge is 0.278 e. The van der Waals surface area contributed by atoms with Crippen molar-refractivity contribution in [1.82, 2.24) is 9.88 Å². The zero-order valence-electron chi connectivity index (χ0n) is 18.8. The Morgan fingerprint density at radius 1 is 1.00 bits per heavy atom. The maximum atomic E-state index is 13.8. The lowest BCUT2D eigenvalue weighted by Gasteiger charge is -2.32. The molecule has 170 valence electrons. The predicted octanol–water partition coefficient (Wildman–Crippen LogP) is 3.77. The van der Waals surface area contributed by atoms with Gasteiger partial charge in [-0.15, -0.1) is 0 Å². The van der Waals surface area contributed by atoms with Crippen LogP contribution in [0.5, 0.6) is 0 Å². The van der Waals surface area contributed by atoms with Gasteiger partial charge in [0.2, 0.25) is 5.91 Å². The molecule has 1 aromatic heterocycles. The highest BCUT2D eigenvalue weighted by molar-refractivity contribution is 6.36. The summed E-state index contributed by atoms with van der Waals surface area (Å²) in [4.78, 5) is 46.2. The number of aromatic nitrogens is 1. The van der Waals surface area contributed by atoms with Crippen molar-refractivity contribution < 1.29 is 14.4 Å². The predicted molar refractivity (Wildman–Crippen MR) is 130 cm³/mol. The van der Waals surface area contributed by atoms with Crippen molar-refractivity contribution in [2.24, 2.45) is 0 Å². The Morgan fingerprint density at radius 2 is 1.79 bits per heavy atom. The summed E-state index contributed by atoms with van der Waals surface area (Å²) in [6.07, 6.45) is 5.14. The third-order valence-electron chi connectivity index (χ3n) is 6.08. The Labute approximate surface area is 197 Å². The van der Waals surface area contributed by atoms with Crippen LogP contribution < -0.4 is 10.2 Å². The monoisotopic (exact) mass is 452 g/mol. The molecule has 3 aromatic rings. The number of carbonyl (C=O) groups excluding carboxylic acids is 3. The van der Waals surface area contributed by atoms with Crippen LogP contribution in [0.1, 0.15) is 30.0 Å². The first kappa shape index (κ1) is 21.6. The molecule has 34 heavy (non-hydrogen) atoms. The van der Waals surface area contributed by atoms with E-state index >= 15 is 0 Å². The van der Waals surface area contributed by atoms with Gasteiger partial charge in [0.1, 0.15) is 5.70 Å². The summed E-state index contributed by atoms with van der Waals surface area (Å²) in [6, 6.07) is 18.7. The largest absolute Gasteiger partial charge is 0.336 e. The molecule has 2 aliphatic rings. The molecule has 0 radical (unpaired) electrons. The van der Waals surface area contributed by atoms with Crippen LogP contribution >= 0.6 is 0 Å². The van der Waals surface area contributed by atoms with E-state index in [-0.39, 0.29) is 24.3 Å². The maximum Gasteiger partial charge on any atom is 0.278 e. The topological polar surface area (TPSA) is 82.6 Å². The van der Waals surface area contributed by atoms with Crippen LogP contribution in [0.4, 0.5) is 11.4 Å². The Morgan fingerprint density at radius 3 is 2.53 bits per heavy atom. The number of rotatable bonds is 5. The number of benzene rings is 2. The minimum Gasteiger partial charge on any atom is -0.336 e. The Balaban J connectivity index is 1.60. The van der Waals surface area contributed by atoms with E-state index in [1.165, 1.54) is 11.8 Å². The van der Waals surface area contributed by atoms with Crippen LogP contribution in [-0.2, 0) is 27.3 Å². The number of hydrogen-bond donors (Lipinski definition) is 1. The molecule has 0 bridgehead atoms. The van der Waals surface area contributed by atoms with Gasteiger partial charge in [-0.2, -0.15) is 0 Å². The molecular formula is C27H24N4O3. The normalized spacial score (nSPS) is 15.6. The van der Waals surface area contributed by atoms with E-state index in [4.69, 9.17) is 0 Å². The van der Waals surface area contributed by atoms with Crippen molar-refractivity contribution >= 4 is 34.7 Å². The Hall–Kier alpha value is -4.26. The Bertz CT molecular complexity index is 1300. The minimum absolute atomic E-state index is 0.151. The van der Waals surface area contributed by atoms with E-state index in [0.717, 1.165) is 29.7 Å². The van der Waals surface area contributed by atoms with E-state index in [1.54, 1.807) is 42.7 Å². The van der Waals surface area contributed by atoms with Crippen molar-refractivity contribution in [3.63, 3.8) is 0 Å². The molecule has 0 aliphatic carbocycles. The second-order valence-corrected chi connectivity index (χ2v) is 8.42. The maximum absolute atomic E-state index is 13.8. The zero-order chi connectivity index (χ0) is 23.7. The second-order valence-electron chi connectivity index (χ2n) is 8.42. The third-order valence-corrected chi connectivity index (χ3v) is 6.08. The molecule has 5 rings (SSSR count). The number of pyridine rings is 1. The van der Waals surface area contributed by atoms with Gasteiger partial charge in [-0.05, 0) is 53.8 Å². The third kappa shape index (κ3) is 3.96. The fraction of sp³-hybridized carbons (Fsp3) is 0.185. The average molecular weight is 453 g/mol. The summed E-state index contributed by atoms with van der Waals surface area (Å²) in [6.45, 7) is 2.25. The van der Waals surface area contributed by atoms with Crippen LogP contribution in [-0.4, -0.2) is 34.2 Å². The number of hydrogen-bond acceptors (Lipinski definition) is 5. The standard InChI is InChI=1S/C27H24N4O3/c1-18(32)29-22-12-10-21(11-13-22)24-25(30-15-5-8-20-7-2-3-9-23(20)30)27(34)31(26(24)33)17-19-6-4-14-28-16-19/h2-4,6-7,9-14,16H,5,8,15,17H2,1H3,(H,29,32). The molecule has 2 aliphatic heterocycles. The van der Waals surface area contributed by atoms with E-state index in [9.17, 15) is 14.4 Å². The number of aryl methyl sites for hydroxylation is 1. The molecule has 0 fully saturated rings. The van der Waals surface area contributed by atoms with Gasteiger partial charge in [0.25, 0.3) is 11.8 Å². The van der Waals surface area contributed by atoms with Crippen LogP contribution in [0, 0.1) is 0 Å². The molecule has 0 saturated heterocycles. The SMILES string of the molecule is CC(=O)Nc1ccc(C2=C(N3CCCc4ccccc43)C(=O)N(Cc3cccnc3)C2=O)cc1. The molecule has 0 spiro atoms. The fourth-order valence-corrected chi connectivity index (χ4v) is 4.58. The van der Waals surface area contributed by atoms with Crippen molar-refractivity contribution in [2.45, 2.75) is 26.3 Å². The molecule has 1 N–H and O–H groups in total. The van der Waals surface area contributed by atoms with Crippen molar-refractivity contribution in [2.75, 3.05) is 16.8 Å². The van der Waals surface area contributed by atoms with E-state index in [2.05, 4.69) is 16.4 Å². The first-order chi connectivity index (χ1) is 16.5. The summed E-state index contributed by atoms with van der Waals surface area (Å²) < 4.78 is 0. The number of imide groups is 1. The summed E-state index contributed by atoms with van der Waals surface area (Å²) >= 11 is 0. The van der Waals surface area contributed by atoms with Gasteiger partial charge >= 0.3 is 0 Å². The number of anilines is 2. The average Bonchev–Trinajstić information content (AvgIpc) is 3.09. The molecular weight excluding hydrogens is 428 g/mol. The molecule has 0 unspecified atom stereocenters. The van der Waals surface area contributed by atoms with E-state index in [0.29, 0.717) is 29.1 Å². The molecule has 0 atom stereocenters. The number of carbonyl (C=O) groups is 3. The van der Waals surface area contributed by atoms with Crippen molar-refractivity contribution in [3.8, 4) is 0 Å². The fourth-order valence-electron chi connectivity index (χ4n) is 4.58. The summed E-state index contributed by atoms with van der Waals surface area (Å²) in [5.74, 6) is -0.821. The van der Waals surface area contributed by atoms with Crippen LogP contribution in [0.15, 0.2) is 78.8 Å². The van der Waals surface area contributed by atoms with E-state index < -0.39 is 0 Å². The zero-order valence-corrected chi connectivity index (χ0v) is 18.8. The van der Waals surface area contributed by atoms with Crippen LogP contribution in [0.3, 0.4) is 0 Å². The molecule has 7 nitrogen and oxygen atoms in total. The summed E-state index contributed by atoms with van der Waals surface area (Å²) in [7, 11) is 0. The van der Waals surface area contributed by atoms with Crippen LogP contribution in [0.25, 0.3) is 5.57 Å². The number of nitrogens with zero attached hydrogens (tertiary/aromatic N) is 3. The van der Waals surface area contributed by atoms with Crippen molar-refractivity contribution in [3.05, 3.63) is 95.4 Å². The van der Waals surface area contributed by atoms with Gasteiger partial charge in [0, 0.05) is 37.2 Å². The molecule has 3 amide bonds. The van der Waals surface area contributed by atoms with Gasteiger partial charge in [-0.25, -0.2) is 0 Å². The van der Waals surface area contributed by atoms with E-state index in [1.807, 2.05) is 29.2 Å². The lowest BCUT2D eigenvalue weighted by atomic mass is 9.98. The summed E-state index contributed by atoms with van der Waals surface area (Å²) in [5, 5.41) is 2.74. The van der Waals surface area contributed by atoms with Gasteiger partial charge in [0.05, 0.1) is 12.1 Å². The van der Waals surface area contributed by atoms with Gasteiger partial charge in [-0.3, -0.25) is 24.3 Å². The first-order valence-electron chi connectivity index (χ1n) is 11.3. The highest BCUT2D eigenvalue weighted by atomic mass is 16.2. The number of amides is 3. The van der Waals surface area contributed by atoms with Crippen molar-refractivity contribution in [1.29, 1.82) is 0 Å². The summed E-state index contributed by atoms with van der Waals surface area (Å²) in [5.41, 5.74) is 4.94. The highest BCUT2D eigenvalue weighted by Gasteiger charge is 2.42. The van der Waals surface area contributed by atoms with Gasteiger partial charge in [0.15, 0.2) is 0 Å². The first-order valence-corrected chi connectivity index (χ1v) is 11.3. The number of para-hydroxylation sites is 1. The molecule has 0 saturated carbocycles. The second kappa shape index (κ2) is 8.94. The Kier molecular flexibility index (Phi) is 5.67. The quantitative estimate of drug-likeness (QED) is 0.596. The highest BCUT2D eigenvalue weighted by Crippen LogP contribution is 2.38. The molecule has 2 aromatic carbocycles.